The quantitative estimate of drug-likeness (QED) is 0.562. The number of carbonyl (C=O) groups excluding carboxylic acids is 1. The van der Waals surface area contributed by atoms with Crippen molar-refractivity contribution in [1.82, 2.24) is 15.1 Å². The molecule has 128 valence electrons. The standard InChI is InChI=1S/C16H19BrN4O2S/c1-3-21-10-13(17)14(20-21)9-18-16(24)19-12-7-5-11(6-8-12)15(22)23-4-2/h5-8,10H,3-4,9H2,1-2H3,(H2,18,19,24). The smallest absolute Gasteiger partial charge is 0.338 e. The van der Waals surface area contributed by atoms with Crippen LogP contribution in [0.3, 0.4) is 0 Å². The van der Waals surface area contributed by atoms with Crippen LogP contribution in [0.15, 0.2) is 34.9 Å². The van der Waals surface area contributed by atoms with Gasteiger partial charge in [-0.05, 0) is 66.3 Å². The first-order valence-corrected chi connectivity index (χ1v) is 8.77. The minimum Gasteiger partial charge on any atom is -0.462 e. The Bertz CT molecular complexity index is 715. The normalized spacial score (nSPS) is 10.3. The molecule has 0 saturated carbocycles. The highest BCUT2D eigenvalue weighted by atomic mass is 79.9. The molecule has 0 spiro atoms. The third-order valence-corrected chi connectivity index (χ3v) is 4.09. The molecule has 2 rings (SSSR count). The van der Waals surface area contributed by atoms with Crippen molar-refractivity contribution in [2.24, 2.45) is 0 Å². The number of benzene rings is 1. The molecule has 1 aromatic carbocycles. The third-order valence-electron chi connectivity index (χ3n) is 3.18. The fraction of sp³-hybridized carbons (Fsp3) is 0.312. The highest BCUT2D eigenvalue weighted by molar-refractivity contribution is 9.10. The number of carbonyl (C=O) groups is 1. The number of hydrogen-bond donors (Lipinski definition) is 2. The zero-order valence-electron chi connectivity index (χ0n) is 13.5. The van der Waals surface area contributed by atoms with Crippen molar-refractivity contribution in [2.45, 2.75) is 26.9 Å². The lowest BCUT2D eigenvalue weighted by Crippen LogP contribution is -2.28. The van der Waals surface area contributed by atoms with Gasteiger partial charge in [-0.25, -0.2) is 4.79 Å². The fourth-order valence-corrected chi connectivity index (χ4v) is 2.61. The molecule has 0 aliphatic rings. The predicted molar refractivity (Wildman–Crippen MR) is 101 cm³/mol. The molecule has 1 heterocycles. The van der Waals surface area contributed by atoms with Gasteiger partial charge >= 0.3 is 5.97 Å². The second kappa shape index (κ2) is 8.79. The molecule has 0 radical (unpaired) electrons. The summed E-state index contributed by atoms with van der Waals surface area (Å²) in [6.45, 7) is 5.49. The molecule has 0 saturated heterocycles. The van der Waals surface area contributed by atoms with Gasteiger partial charge in [0.15, 0.2) is 5.11 Å². The molecule has 0 fully saturated rings. The first kappa shape index (κ1) is 18.4. The highest BCUT2D eigenvalue weighted by Crippen LogP contribution is 2.15. The molecule has 2 aromatic rings. The molecular weight excluding hydrogens is 392 g/mol. The molecule has 0 bridgehead atoms. The Kier molecular flexibility index (Phi) is 6.74. The number of aromatic nitrogens is 2. The SMILES string of the molecule is CCOC(=O)c1ccc(NC(=S)NCc2nn(CC)cc2Br)cc1. The summed E-state index contributed by atoms with van der Waals surface area (Å²) in [4.78, 5) is 11.6. The maximum Gasteiger partial charge on any atom is 0.338 e. The van der Waals surface area contributed by atoms with E-state index in [1.54, 1.807) is 31.2 Å². The number of esters is 1. The number of anilines is 1. The van der Waals surface area contributed by atoms with Crippen molar-refractivity contribution in [3.05, 3.63) is 46.2 Å². The van der Waals surface area contributed by atoms with Gasteiger partial charge in [-0.3, -0.25) is 4.68 Å². The van der Waals surface area contributed by atoms with E-state index in [9.17, 15) is 4.79 Å². The Morgan fingerprint density at radius 2 is 2.04 bits per heavy atom. The van der Waals surface area contributed by atoms with Gasteiger partial charge in [0.25, 0.3) is 0 Å². The van der Waals surface area contributed by atoms with E-state index < -0.39 is 0 Å². The van der Waals surface area contributed by atoms with Crippen LogP contribution >= 0.6 is 28.1 Å². The monoisotopic (exact) mass is 410 g/mol. The Hall–Kier alpha value is -1.93. The second-order valence-corrected chi connectivity index (χ2v) is 6.15. The molecule has 24 heavy (non-hydrogen) atoms. The highest BCUT2D eigenvalue weighted by Gasteiger charge is 2.08. The molecule has 0 aliphatic carbocycles. The van der Waals surface area contributed by atoms with E-state index in [0.717, 1.165) is 22.4 Å². The summed E-state index contributed by atoms with van der Waals surface area (Å²) in [6.07, 6.45) is 1.93. The molecule has 0 atom stereocenters. The number of rotatable bonds is 6. The Balaban J connectivity index is 1.87. The van der Waals surface area contributed by atoms with Crippen LogP contribution < -0.4 is 10.6 Å². The van der Waals surface area contributed by atoms with Crippen LogP contribution in [0.4, 0.5) is 5.69 Å². The van der Waals surface area contributed by atoms with E-state index in [1.165, 1.54) is 0 Å². The number of ether oxygens (including phenoxy) is 1. The molecular formula is C16H19BrN4O2S. The van der Waals surface area contributed by atoms with E-state index in [2.05, 4.69) is 31.7 Å². The average Bonchev–Trinajstić information content (AvgIpc) is 2.94. The summed E-state index contributed by atoms with van der Waals surface area (Å²) in [6, 6.07) is 6.95. The zero-order valence-corrected chi connectivity index (χ0v) is 15.9. The second-order valence-electron chi connectivity index (χ2n) is 4.88. The number of hydrogen-bond acceptors (Lipinski definition) is 4. The van der Waals surface area contributed by atoms with Gasteiger partial charge in [-0.2, -0.15) is 5.10 Å². The van der Waals surface area contributed by atoms with Gasteiger partial charge in [-0.15, -0.1) is 0 Å². The summed E-state index contributed by atoms with van der Waals surface area (Å²) in [7, 11) is 0. The Labute approximate surface area is 154 Å². The molecule has 0 amide bonds. The number of thiocarbonyl (C=S) groups is 1. The van der Waals surface area contributed by atoms with Crippen LogP contribution in [0.1, 0.15) is 29.9 Å². The van der Waals surface area contributed by atoms with Crippen molar-refractivity contribution >= 4 is 44.9 Å². The van der Waals surface area contributed by atoms with E-state index in [4.69, 9.17) is 17.0 Å². The van der Waals surface area contributed by atoms with E-state index in [1.807, 2.05) is 17.8 Å². The molecule has 2 N–H and O–H groups in total. The number of halogens is 1. The maximum atomic E-state index is 11.6. The van der Waals surface area contributed by atoms with Gasteiger partial charge in [0, 0.05) is 18.4 Å². The van der Waals surface area contributed by atoms with Crippen LogP contribution in [0, 0.1) is 0 Å². The molecule has 0 unspecified atom stereocenters. The minimum atomic E-state index is -0.332. The first-order valence-electron chi connectivity index (χ1n) is 7.57. The summed E-state index contributed by atoms with van der Waals surface area (Å²) in [5.74, 6) is -0.332. The summed E-state index contributed by atoms with van der Waals surface area (Å²) < 4.78 is 7.74. The van der Waals surface area contributed by atoms with Gasteiger partial charge < -0.3 is 15.4 Å². The topological polar surface area (TPSA) is 68.2 Å². The van der Waals surface area contributed by atoms with Crippen LogP contribution in [0.2, 0.25) is 0 Å². The fourth-order valence-electron chi connectivity index (χ4n) is 1.96. The number of aryl methyl sites for hydroxylation is 1. The third kappa shape index (κ3) is 5.04. The van der Waals surface area contributed by atoms with Gasteiger partial charge in [-0.1, -0.05) is 0 Å². The van der Waals surface area contributed by atoms with Crippen LogP contribution in [-0.2, 0) is 17.8 Å². The number of nitrogens with one attached hydrogen (secondary N) is 2. The molecule has 0 aliphatic heterocycles. The van der Waals surface area contributed by atoms with Gasteiger partial charge in [0.1, 0.15) is 0 Å². The van der Waals surface area contributed by atoms with E-state index in [-0.39, 0.29) is 5.97 Å². The number of nitrogens with zero attached hydrogens (tertiary/aromatic N) is 2. The average molecular weight is 411 g/mol. The predicted octanol–water partition coefficient (Wildman–Crippen LogP) is 3.33. The lowest BCUT2D eigenvalue weighted by Gasteiger charge is -2.10. The summed E-state index contributed by atoms with van der Waals surface area (Å²) in [5.41, 5.74) is 2.19. The molecule has 1 aromatic heterocycles. The lowest BCUT2D eigenvalue weighted by molar-refractivity contribution is 0.0526. The van der Waals surface area contributed by atoms with Crippen LogP contribution in [-0.4, -0.2) is 27.5 Å². The molecule has 8 heteroatoms. The van der Waals surface area contributed by atoms with Gasteiger partial charge in [0.2, 0.25) is 0 Å². The van der Waals surface area contributed by atoms with Crippen molar-refractivity contribution < 1.29 is 9.53 Å². The van der Waals surface area contributed by atoms with E-state index >= 15 is 0 Å². The van der Waals surface area contributed by atoms with Gasteiger partial charge in [0.05, 0.1) is 28.9 Å². The van der Waals surface area contributed by atoms with Crippen molar-refractivity contribution in [3.8, 4) is 0 Å². The van der Waals surface area contributed by atoms with Crippen molar-refractivity contribution in [1.29, 1.82) is 0 Å². The molecule has 6 nitrogen and oxygen atoms in total. The van der Waals surface area contributed by atoms with Crippen molar-refractivity contribution in [2.75, 3.05) is 11.9 Å². The Morgan fingerprint density at radius 1 is 1.33 bits per heavy atom. The lowest BCUT2D eigenvalue weighted by atomic mass is 10.2. The summed E-state index contributed by atoms with van der Waals surface area (Å²) >= 11 is 8.75. The van der Waals surface area contributed by atoms with E-state index in [0.29, 0.717) is 23.8 Å². The minimum absolute atomic E-state index is 0.332. The maximum absolute atomic E-state index is 11.6. The largest absolute Gasteiger partial charge is 0.462 e. The first-order chi connectivity index (χ1) is 11.5. The Morgan fingerprint density at radius 3 is 2.62 bits per heavy atom. The zero-order chi connectivity index (χ0) is 17.5. The van der Waals surface area contributed by atoms with Crippen LogP contribution in [0.25, 0.3) is 0 Å². The summed E-state index contributed by atoms with van der Waals surface area (Å²) in [5, 5.41) is 11.1. The van der Waals surface area contributed by atoms with Crippen LogP contribution in [0.5, 0.6) is 0 Å². The van der Waals surface area contributed by atoms with Crippen molar-refractivity contribution in [3.63, 3.8) is 0 Å².